The zero-order valence-electron chi connectivity index (χ0n) is 17.4. The molecule has 30 heavy (non-hydrogen) atoms. The van der Waals surface area contributed by atoms with Gasteiger partial charge >= 0.3 is 0 Å². The average molecular weight is 408 g/mol. The summed E-state index contributed by atoms with van der Waals surface area (Å²) >= 11 is 0. The van der Waals surface area contributed by atoms with Crippen molar-refractivity contribution < 1.29 is 14.4 Å². The number of nitrogens with one attached hydrogen (secondary N) is 2. The van der Waals surface area contributed by atoms with Crippen LogP contribution in [0.5, 0.6) is 0 Å². The van der Waals surface area contributed by atoms with Gasteiger partial charge in [0, 0.05) is 43.2 Å². The Morgan fingerprint density at radius 3 is 2.47 bits per heavy atom. The van der Waals surface area contributed by atoms with Crippen LogP contribution >= 0.6 is 0 Å². The maximum Gasteiger partial charge on any atom is 0.253 e. The third kappa shape index (κ3) is 6.17. The quantitative estimate of drug-likeness (QED) is 0.819. The van der Waals surface area contributed by atoms with Gasteiger partial charge in [0.2, 0.25) is 11.8 Å². The highest BCUT2D eigenvalue weighted by Gasteiger charge is 2.22. The molecule has 0 saturated carbocycles. The fraction of sp³-hybridized carbons (Fsp3) is 0.375. The average Bonchev–Trinajstić information content (AvgIpc) is 2.80. The molecule has 2 aromatic carbocycles. The normalized spacial score (nSPS) is 18.1. The number of carbonyl (C=O) groups excluding carboxylic acids is 3. The Balaban J connectivity index is 1.65. The van der Waals surface area contributed by atoms with Gasteiger partial charge in [0.25, 0.3) is 5.91 Å². The van der Waals surface area contributed by atoms with Crippen molar-refractivity contribution >= 4 is 23.4 Å². The molecule has 1 fully saturated rings. The predicted octanol–water partition coefficient (Wildman–Crippen LogP) is 3.38. The summed E-state index contributed by atoms with van der Waals surface area (Å²) in [6.07, 6.45) is 2.21. The lowest BCUT2D eigenvalue weighted by Gasteiger charge is -2.23. The molecule has 1 aliphatic heterocycles. The first-order valence-electron chi connectivity index (χ1n) is 10.5. The zero-order valence-corrected chi connectivity index (χ0v) is 17.4. The van der Waals surface area contributed by atoms with Crippen molar-refractivity contribution in [2.24, 2.45) is 5.92 Å². The monoisotopic (exact) mass is 407 g/mol. The van der Waals surface area contributed by atoms with Gasteiger partial charge in [0.1, 0.15) is 0 Å². The molecule has 1 aliphatic rings. The number of benzene rings is 2. The lowest BCUT2D eigenvalue weighted by Crippen LogP contribution is -2.35. The highest BCUT2D eigenvalue weighted by molar-refractivity contribution is 5.94. The number of hydrogen-bond acceptors (Lipinski definition) is 3. The molecule has 3 rings (SSSR count). The Kier molecular flexibility index (Phi) is 7.60. The molecule has 0 aliphatic carbocycles. The van der Waals surface area contributed by atoms with Crippen LogP contribution in [0.15, 0.2) is 54.6 Å². The molecule has 1 atom stereocenters. The summed E-state index contributed by atoms with van der Waals surface area (Å²) in [4.78, 5) is 39.6. The molecule has 1 unspecified atom stereocenters. The first kappa shape index (κ1) is 21.6. The zero-order chi connectivity index (χ0) is 21.3. The predicted molar refractivity (Wildman–Crippen MR) is 117 cm³/mol. The molecule has 1 saturated heterocycles. The minimum Gasteiger partial charge on any atom is -0.356 e. The summed E-state index contributed by atoms with van der Waals surface area (Å²) < 4.78 is 0. The molecule has 0 spiro atoms. The van der Waals surface area contributed by atoms with Crippen LogP contribution in [-0.2, 0) is 9.59 Å². The number of rotatable bonds is 3. The molecule has 0 radical (unpaired) electrons. The van der Waals surface area contributed by atoms with Gasteiger partial charge in [-0.25, -0.2) is 0 Å². The van der Waals surface area contributed by atoms with E-state index in [1.54, 1.807) is 17.0 Å². The van der Waals surface area contributed by atoms with E-state index < -0.39 is 0 Å². The van der Waals surface area contributed by atoms with Gasteiger partial charge in [-0.1, -0.05) is 35.9 Å². The molecule has 0 aromatic heterocycles. The van der Waals surface area contributed by atoms with Crippen LogP contribution in [0.2, 0.25) is 0 Å². The van der Waals surface area contributed by atoms with Crippen LogP contribution in [0, 0.1) is 12.8 Å². The minimum atomic E-state index is -0.224. The van der Waals surface area contributed by atoms with E-state index in [1.165, 1.54) is 0 Å². The van der Waals surface area contributed by atoms with Gasteiger partial charge in [0.15, 0.2) is 0 Å². The van der Waals surface area contributed by atoms with E-state index in [2.05, 4.69) is 10.6 Å². The standard InChI is InChI=1S/C24H29N3O3/c1-18-9-11-21(12-10-18)26-23(29)19-8-5-16-27(17-14-22(28)25-15-13-19)24(30)20-6-3-2-4-7-20/h2-4,6-7,9-12,19H,5,8,13-17H2,1H3,(H,25,28)(H,26,29). The highest BCUT2D eigenvalue weighted by Crippen LogP contribution is 2.18. The smallest absolute Gasteiger partial charge is 0.253 e. The van der Waals surface area contributed by atoms with E-state index in [4.69, 9.17) is 0 Å². The van der Waals surface area contributed by atoms with Gasteiger partial charge in [-0.15, -0.1) is 0 Å². The molecule has 0 bridgehead atoms. The molecule has 2 aromatic rings. The molecule has 3 amide bonds. The number of carbonyl (C=O) groups is 3. The van der Waals surface area contributed by atoms with Crippen LogP contribution < -0.4 is 10.6 Å². The van der Waals surface area contributed by atoms with Crippen molar-refractivity contribution in [3.8, 4) is 0 Å². The third-order valence-electron chi connectivity index (χ3n) is 5.40. The van der Waals surface area contributed by atoms with Crippen LogP contribution in [0.4, 0.5) is 5.69 Å². The minimum absolute atomic E-state index is 0.0479. The topological polar surface area (TPSA) is 78.5 Å². The maximum atomic E-state index is 12.9. The number of hydrogen-bond donors (Lipinski definition) is 2. The summed E-state index contributed by atoms with van der Waals surface area (Å²) in [6.45, 7) is 3.35. The summed E-state index contributed by atoms with van der Waals surface area (Å²) in [5, 5.41) is 5.86. The molecular formula is C24H29N3O3. The summed E-state index contributed by atoms with van der Waals surface area (Å²) in [7, 11) is 0. The van der Waals surface area contributed by atoms with Crippen LogP contribution in [0.1, 0.15) is 41.6 Å². The summed E-state index contributed by atoms with van der Waals surface area (Å²) in [6, 6.07) is 16.8. The lowest BCUT2D eigenvalue weighted by molar-refractivity contribution is -0.122. The largest absolute Gasteiger partial charge is 0.356 e. The van der Waals surface area contributed by atoms with Gasteiger partial charge in [0.05, 0.1) is 0 Å². The summed E-state index contributed by atoms with van der Waals surface area (Å²) in [5.41, 5.74) is 2.51. The molecule has 2 N–H and O–H groups in total. The number of nitrogens with zero attached hydrogens (tertiary/aromatic N) is 1. The fourth-order valence-electron chi connectivity index (χ4n) is 3.61. The summed E-state index contributed by atoms with van der Waals surface area (Å²) in [5.74, 6) is -0.449. The number of anilines is 1. The molecule has 1 heterocycles. The second-order valence-corrected chi connectivity index (χ2v) is 7.74. The Bertz CT molecular complexity index is 865. The third-order valence-corrected chi connectivity index (χ3v) is 5.40. The molecular weight excluding hydrogens is 378 g/mol. The van der Waals surface area contributed by atoms with E-state index in [-0.39, 0.29) is 30.1 Å². The number of aryl methyl sites for hydroxylation is 1. The SMILES string of the molecule is Cc1ccc(NC(=O)C2CCCN(C(=O)c3ccccc3)CCC(=O)NCC2)cc1. The van der Waals surface area contributed by atoms with E-state index in [0.29, 0.717) is 44.5 Å². The lowest BCUT2D eigenvalue weighted by atomic mass is 9.97. The van der Waals surface area contributed by atoms with Gasteiger partial charge in [-0.2, -0.15) is 0 Å². The van der Waals surface area contributed by atoms with Crippen molar-refractivity contribution in [1.82, 2.24) is 10.2 Å². The van der Waals surface area contributed by atoms with Crippen molar-refractivity contribution in [1.29, 1.82) is 0 Å². The molecule has 6 heteroatoms. The maximum absolute atomic E-state index is 12.9. The first-order chi connectivity index (χ1) is 14.5. The van der Waals surface area contributed by atoms with E-state index >= 15 is 0 Å². The Morgan fingerprint density at radius 2 is 1.73 bits per heavy atom. The Hall–Kier alpha value is -3.15. The van der Waals surface area contributed by atoms with Gasteiger partial charge in [-0.3, -0.25) is 14.4 Å². The van der Waals surface area contributed by atoms with Crippen molar-refractivity contribution in [2.45, 2.75) is 32.6 Å². The highest BCUT2D eigenvalue weighted by atomic mass is 16.2. The van der Waals surface area contributed by atoms with E-state index in [0.717, 1.165) is 11.3 Å². The van der Waals surface area contributed by atoms with Crippen LogP contribution in [-0.4, -0.2) is 42.3 Å². The van der Waals surface area contributed by atoms with Crippen molar-refractivity contribution in [2.75, 3.05) is 25.0 Å². The van der Waals surface area contributed by atoms with Crippen molar-refractivity contribution in [3.05, 3.63) is 65.7 Å². The fourth-order valence-corrected chi connectivity index (χ4v) is 3.61. The van der Waals surface area contributed by atoms with E-state index in [1.807, 2.05) is 49.4 Å². The van der Waals surface area contributed by atoms with Crippen molar-refractivity contribution in [3.63, 3.8) is 0 Å². The van der Waals surface area contributed by atoms with Crippen LogP contribution in [0.25, 0.3) is 0 Å². The molecule has 6 nitrogen and oxygen atoms in total. The van der Waals surface area contributed by atoms with Crippen LogP contribution in [0.3, 0.4) is 0 Å². The second kappa shape index (κ2) is 10.6. The van der Waals surface area contributed by atoms with Gasteiger partial charge < -0.3 is 15.5 Å². The Labute approximate surface area is 177 Å². The first-order valence-corrected chi connectivity index (χ1v) is 10.5. The van der Waals surface area contributed by atoms with Gasteiger partial charge in [-0.05, 0) is 50.5 Å². The molecule has 158 valence electrons. The van der Waals surface area contributed by atoms with E-state index in [9.17, 15) is 14.4 Å². The second-order valence-electron chi connectivity index (χ2n) is 7.74. The number of amides is 3. The Morgan fingerprint density at radius 1 is 1.00 bits per heavy atom.